The van der Waals surface area contributed by atoms with Crippen LogP contribution in [0.2, 0.25) is 0 Å². The van der Waals surface area contributed by atoms with E-state index in [1.165, 1.54) is 199 Å². The highest BCUT2D eigenvalue weighted by atomic mass is 31.2. The summed E-state index contributed by atoms with van der Waals surface area (Å²) in [5.41, 5.74) is 0. The lowest BCUT2D eigenvalue weighted by atomic mass is 10.0. The molecule has 0 aliphatic carbocycles. The molecule has 2 atom stereocenters. The number of esters is 2. The van der Waals surface area contributed by atoms with Crippen LogP contribution in [0.15, 0.2) is 97.2 Å². The summed E-state index contributed by atoms with van der Waals surface area (Å²) in [4.78, 5) is 35.9. The topological polar surface area (TPSA) is 108 Å². The number of phosphoric ester groups is 1. The van der Waals surface area contributed by atoms with Crippen molar-refractivity contribution < 1.29 is 42.1 Å². The Balaban J connectivity index is 4.05. The van der Waals surface area contributed by atoms with Crippen molar-refractivity contribution in [2.24, 2.45) is 0 Å². The second-order valence-electron chi connectivity index (χ2n) is 25.2. The molecule has 0 aliphatic rings. The molecule has 0 heterocycles. The predicted molar refractivity (Wildman–Crippen MR) is 372 cm³/mol. The van der Waals surface area contributed by atoms with Crippen LogP contribution in [0.4, 0.5) is 0 Å². The summed E-state index contributed by atoms with van der Waals surface area (Å²) < 4.78 is 34.8. The van der Waals surface area contributed by atoms with Gasteiger partial charge in [0.25, 0.3) is 0 Å². The van der Waals surface area contributed by atoms with E-state index in [-0.39, 0.29) is 32.0 Å². The average molecular weight is 1220 g/mol. The minimum atomic E-state index is -4.40. The van der Waals surface area contributed by atoms with Crippen LogP contribution in [0, 0.1) is 0 Å². The Kier molecular flexibility index (Phi) is 64.0. The fourth-order valence-corrected chi connectivity index (χ4v) is 10.9. The Bertz CT molecular complexity index is 1770. The molecule has 9 nitrogen and oxygen atoms in total. The van der Waals surface area contributed by atoms with Crippen molar-refractivity contribution in [3.8, 4) is 0 Å². The number of rotatable bonds is 66. The first-order valence-corrected chi connectivity index (χ1v) is 37.5. The Morgan fingerprint density at radius 2 is 0.663 bits per heavy atom. The van der Waals surface area contributed by atoms with Gasteiger partial charge in [-0.25, -0.2) is 4.57 Å². The summed E-state index contributed by atoms with van der Waals surface area (Å²) in [6.07, 6.45) is 92.3. The number of ether oxygens (including phenoxy) is 2. The van der Waals surface area contributed by atoms with E-state index < -0.39 is 26.5 Å². The molecular formula is C76H137NO8P+. The number of carbonyl (C=O) groups is 2. The highest BCUT2D eigenvalue weighted by molar-refractivity contribution is 7.47. The van der Waals surface area contributed by atoms with E-state index in [9.17, 15) is 19.0 Å². The zero-order valence-corrected chi connectivity index (χ0v) is 57.7. The molecule has 0 spiro atoms. The van der Waals surface area contributed by atoms with E-state index in [1.54, 1.807) is 0 Å². The lowest BCUT2D eigenvalue weighted by Gasteiger charge is -2.24. The average Bonchev–Trinajstić information content (AvgIpc) is 3.70. The Morgan fingerprint density at radius 1 is 0.372 bits per heavy atom. The number of allylic oxidation sites excluding steroid dienone is 16. The third kappa shape index (κ3) is 70.0. The molecule has 10 heteroatoms. The van der Waals surface area contributed by atoms with Crippen molar-refractivity contribution >= 4 is 19.8 Å². The lowest BCUT2D eigenvalue weighted by molar-refractivity contribution is -0.870. The van der Waals surface area contributed by atoms with Crippen LogP contribution < -0.4 is 0 Å². The third-order valence-electron chi connectivity index (χ3n) is 15.6. The molecule has 1 N–H and O–H groups in total. The minimum absolute atomic E-state index is 0.0288. The number of quaternary nitrogens is 1. The van der Waals surface area contributed by atoms with Crippen LogP contribution in [0.3, 0.4) is 0 Å². The monoisotopic (exact) mass is 1220 g/mol. The molecule has 0 aromatic heterocycles. The Morgan fingerprint density at radius 3 is 1.00 bits per heavy atom. The number of nitrogens with zero attached hydrogens (tertiary/aromatic N) is 1. The normalized spacial score (nSPS) is 13.7. The van der Waals surface area contributed by atoms with Gasteiger partial charge in [-0.2, -0.15) is 0 Å². The summed E-state index contributed by atoms with van der Waals surface area (Å²) in [7, 11) is 1.48. The number of carbonyl (C=O) groups excluding carboxylic acids is 2. The fourth-order valence-electron chi connectivity index (χ4n) is 10.1. The minimum Gasteiger partial charge on any atom is -0.462 e. The molecule has 0 radical (unpaired) electrons. The summed E-state index contributed by atoms with van der Waals surface area (Å²) in [6, 6.07) is 0. The van der Waals surface area contributed by atoms with E-state index >= 15 is 0 Å². The molecule has 0 aromatic rings. The van der Waals surface area contributed by atoms with Crippen LogP contribution in [0.25, 0.3) is 0 Å². The van der Waals surface area contributed by atoms with E-state index in [4.69, 9.17) is 18.5 Å². The van der Waals surface area contributed by atoms with Crippen LogP contribution >= 0.6 is 7.82 Å². The number of unbranched alkanes of at least 4 members (excludes halogenated alkanes) is 36. The second-order valence-corrected chi connectivity index (χ2v) is 26.7. The maximum Gasteiger partial charge on any atom is 0.472 e. The van der Waals surface area contributed by atoms with Gasteiger partial charge in [-0.05, 0) is 96.3 Å². The molecule has 498 valence electrons. The third-order valence-corrected chi connectivity index (χ3v) is 16.6. The van der Waals surface area contributed by atoms with Crippen molar-refractivity contribution in [1.29, 1.82) is 0 Å². The van der Waals surface area contributed by atoms with Crippen LogP contribution in [-0.2, 0) is 32.7 Å². The Hall–Kier alpha value is -3.07. The highest BCUT2D eigenvalue weighted by Gasteiger charge is 2.27. The van der Waals surface area contributed by atoms with Crippen molar-refractivity contribution in [2.75, 3.05) is 47.5 Å². The SMILES string of the molecule is CC/C=C\C/C=C\C/C=C\C/C=C\C/C=C\C/C=C\C/C=C\CCCCCCCCCCCCCC(=O)OC(COC(=O)CCCCCCCCCCCCCCCCCCC/C=C\CCCCCCCCCC)COP(=O)(O)OCC[N+](C)(C)C. The van der Waals surface area contributed by atoms with Crippen LogP contribution in [0.1, 0.15) is 322 Å². The molecule has 0 bridgehead atoms. The standard InChI is InChI=1S/C76H136NO8P/c1-6-8-10-12-14-16-18-20-22-24-26-28-30-32-34-36-37-38-39-41-43-45-47-49-51-53-55-57-59-61-63-65-67-69-76(79)85-74(73-84-86(80,81)83-71-70-77(3,4)5)72-82-75(78)68-66-64-62-60-58-56-54-52-50-48-46-44-42-40-35-33-31-29-27-25-23-21-19-17-15-13-11-9-7-2/h8,10,14,16,20,22,25-28,32,34,37-38,41,43,74H,6-7,9,11-13,15,17-19,21,23-24,29-31,33,35-36,39-40,42,44-73H2,1-5H3/p+1/b10-8-,16-14-,22-20-,27-25-,28-26-,34-32-,38-37-,43-41-. The van der Waals surface area contributed by atoms with Gasteiger partial charge in [0.05, 0.1) is 27.7 Å². The molecule has 0 aromatic carbocycles. The van der Waals surface area contributed by atoms with Gasteiger partial charge in [-0.1, -0.05) is 310 Å². The van der Waals surface area contributed by atoms with Gasteiger partial charge in [-0.3, -0.25) is 18.6 Å². The molecule has 0 saturated heterocycles. The second kappa shape index (κ2) is 66.4. The molecule has 0 fully saturated rings. The summed E-state index contributed by atoms with van der Waals surface area (Å²) in [5, 5.41) is 0. The fraction of sp³-hybridized carbons (Fsp3) is 0.763. The van der Waals surface area contributed by atoms with Crippen LogP contribution in [-0.4, -0.2) is 74.9 Å². The van der Waals surface area contributed by atoms with E-state index in [0.29, 0.717) is 17.4 Å². The Labute approximate surface area is 532 Å². The number of likely N-dealkylation sites (N-methyl/N-ethyl adjacent to an activating group) is 1. The van der Waals surface area contributed by atoms with Crippen molar-refractivity contribution in [2.45, 2.75) is 328 Å². The molecule has 0 aliphatic heterocycles. The largest absolute Gasteiger partial charge is 0.472 e. The summed E-state index contributed by atoms with van der Waals surface area (Å²) >= 11 is 0. The maximum atomic E-state index is 12.9. The number of hydrogen-bond donors (Lipinski definition) is 1. The van der Waals surface area contributed by atoms with E-state index in [1.807, 2.05) is 21.1 Å². The quantitative estimate of drug-likeness (QED) is 0.0211. The highest BCUT2D eigenvalue weighted by Crippen LogP contribution is 2.43. The lowest BCUT2D eigenvalue weighted by Crippen LogP contribution is -2.37. The van der Waals surface area contributed by atoms with Gasteiger partial charge in [0.15, 0.2) is 6.10 Å². The van der Waals surface area contributed by atoms with E-state index in [0.717, 1.165) is 89.9 Å². The van der Waals surface area contributed by atoms with Crippen LogP contribution in [0.5, 0.6) is 0 Å². The smallest absolute Gasteiger partial charge is 0.462 e. The van der Waals surface area contributed by atoms with Gasteiger partial charge in [0.2, 0.25) is 0 Å². The summed E-state index contributed by atoms with van der Waals surface area (Å²) in [6.45, 7) is 4.35. The van der Waals surface area contributed by atoms with Gasteiger partial charge in [-0.15, -0.1) is 0 Å². The zero-order chi connectivity index (χ0) is 62.6. The first-order chi connectivity index (χ1) is 42.0. The number of phosphoric acid groups is 1. The first kappa shape index (κ1) is 82.9. The van der Waals surface area contributed by atoms with Crippen molar-refractivity contribution in [3.63, 3.8) is 0 Å². The molecule has 0 saturated carbocycles. The summed E-state index contributed by atoms with van der Waals surface area (Å²) in [5.74, 6) is -0.792. The maximum absolute atomic E-state index is 12.9. The van der Waals surface area contributed by atoms with Crippen molar-refractivity contribution in [1.82, 2.24) is 0 Å². The predicted octanol–water partition coefficient (Wildman–Crippen LogP) is 23.5. The van der Waals surface area contributed by atoms with Gasteiger partial charge < -0.3 is 18.9 Å². The molecule has 0 amide bonds. The molecule has 0 rings (SSSR count). The van der Waals surface area contributed by atoms with E-state index in [2.05, 4.69) is 111 Å². The molecular weight excluding hydrogens is 1090 g/mol. The number of hydrogen-bond acceptors (Lipinski definition) is 7. The van der Waals surface area contributed by atoms with Gasteiger partial charge in [0.1, 0.15) is 19.8 Å². The van der Waals surface area contributed by atoms with Gasteiger partial charge in [0, 0.05) is 12.8 Å². The molecule has 2 unspecified atom stereocenters. The zero-order valence-electron chi connectivity index (χ0n) is 56.8. The van der Waals surface area contributed by atoms with Crippen molar-refractivity contribution in [3.05, 3.63) is 97.2 Å². The first-order valence-electron chi connectivity index (χ1n) is 36.0. The molecule has 86 heavy (non-hydrogen) atoms. The van der Waals surface area contributed by atoms with Gasteiger partial charge >= 0.3 is 19.8 Å².